The molecule has 0 bridgehead atoms. The van der Waals surface area contributed by atoms with E-state index in [1.54, 1.807) is 0 Å². The normalized spacial score (nSPS) is 23.7. The molecule has 0 aromatic rings. The monoisotopic (exact) mass is 268 g/mol. The Kier molecular flexibility index (Phi) is 5.88. The second-order valence-electron chi connectivity index (χ2n) is 8.52. The van der Waals surface area contributed by atoms with Gasteiger partial charge in [0, 0.05) is 17.6 Å². The van der Waals surface area contributed by atoms with Crippen LogP contribution in [-0.4, -0.2) is 35.6 Å². The predicted octanol–water partition coefficient (Wildman–Crippen LogP) is 4.05. The third kappa shape index (κ3) is 6.76. The quantitative estimate of drug-likeness (QED) is 0.827. The smallest absolute Gasteiger partial charge is 0.0132 e. The summed E-state index contributed by atoms with van der Waals surface area (Å²) in [5, 5.41) is 3.92. The molecule has 2 nitrogen and oxygen atoms in total. The molecule has 0 spiro atoms. The Morgan fingerprint density at radius 2 is 1.68 bits per heavy atom. The van der Waals surface area contributed by atoms with Crippen molar-refractivity contribution in [2.24, 2.45) is 5.41 Å². The summed E-state index contributed by atoms with van der Waals surface area (Å²) in [6.45, 7) is 18.9. The van der Waals surface area contributed by atoms with Gasteiger partial charge in [-0.05, 0) is 71.9 Å². The van der Waals surface area contributed by atoms with Gasteiger partial charge < -0.3 is 10.2 Å². The first kappa shape index (κ1) is 17.0. The van der Waals surface area contributed by atoms with Crippen LogP contribution in [0.15, 0.2) is 0 Å². The van der Waals surface area contributed by atoms with Gasteiger partial charge in [0.05, 0.1) is 0 Å². The van der Waals surface area contributed by atoms with E-state index in [0.717, 1.165) is 0 Å². The van der Waals surface area contributed by atoms with Gasteiger partial charge in [0.2, 0.25) is 0 Å². The maximum atomic E-state index is 3.92. The van der Waals surface area contributed by atoms with E-state index in [4.69, 9.17) is 0 Å². The highest BCUT2D eigenvalue weighted by molar-refractivity contribution is 4.88. The molecule has 0 aromatic heterocycles. The lowest BCUT2D eigenvalue weighted by Gasteiger charge is -2.37. The zero-order valence-corrected chi connectivity index (χ0v) is 14.3. The van der Waals surface area contributed by atoms with Crippen molar-refractivity contribution < 1.29 is 0 Å². The average molecular weight is 268 g/mol. The van der Waals surface area contributed by atoms with Gasteiger partial charge in [0.25, 0.3) is 0 Å². The van der Waals surface area contributed by atoms with E-state index in [1.807, 2.05) is 0 Å². The fourth-order valence-corrected chi connectivity index (χ4v) is 3.71. The highest BCUT2D eigenvalue weighted by atomic mass is 15.2. The van der Waals surface area contributed by atoms with Crippen LogP contribution < -0.4 is 5.32 Å². The summed E-state index contributed by atoms with van der Waals surface area (Å²) in [5.74, 6) is 0. The molecule has 114 valence electrons. The van der Waals surface area contributed by atoms with Crippen molar-refractivity contribution in [2.45, 2.75) is 91.8 Å². The summed E-state index contributed by atoms with van der Waals surface area (Å²) in [7, 11) is 0. The third-order valence-corrected chi connectivity index (χ3v) is 4.06. The molecule has 1 N–H and O–H groups in total. The summed E-state index contributed by atoms with van der Waals surface area (Å²) < 4.78 is 0. The zero-order valence-electron chi connectivity index (χ0n) is 14.3. The highest BCUT2D eigenvalue weighted by Crippen LogP contribution is 2.28. The molecule has 1 aliphatic rings. The third-order valence-electron chi connectivity index (χ3n) is 4.06. The second-order valence-corrected chi connectivity index (χ2v) is 8.52. The molecule has 1 saturated heterocycles. The van der Waals surface area contributed by atoms with Gasteiger partial charge in [-0.1, -0.05) is 20.8 Å². The molecular formula is C17H36N2. The van der Waals surface area contributed by atoms with Crippen molar-refractivity contribution in [1.29, 1.82) is 0 Å². The molecule has 2 heteroatoms. The lowest BCUT2D eigenvalue weighted by molar-refractivity contribution is 0.207. The van der Waals surface area contributed by atoms with Crippen LogP contribution in [0.5, 0.6) is 0 Å². The molecular weight excluding hydrogens is 232 g/mol. The second kappa shape index (κ2) is 6.58. The number of hydrogen-bond acceptors (Lipinski definition) is 2. The van der Waals surface area contributed by atoms with Crippen molar-refractivity contribution >= 4 is 0 Å². The van der Waals surface area contributed by atoms with Crippen LogP contribution in [0.1, 0.15) is 74.1 Å². The molecule has 0 amide bonds. The van der Waals surface area contributed by atoms with Crippen LogP contribution in [0.4, 0.5) is 0 Å². The van der Waals surface area contributed by atoms with Crippen LogP contribution in [0.3, 0.4) is 0 Å². The Morgan fingerprint density at radius 3 is 2.21 bits per heavy atom. The number of nitrogens with zero attached hydrogens (tertiary/aromatic N) is 1. The van der Waals surface area contributed by atoms with Gasteiger partial charge in [0.15, 0.2) is 0 Å². The fourth-order valence-electron chi connectivity index (χ4n) is 3.71. The Bertz CT molecular complexity index is 263. The minimum absolute atomic E-state index is 0.246. The molecule has 1 rings (SSSR count). The van der Waals surface area contributed by atoms with Crippen molar-refractivity contribution in [2.75, 3.05) is 13.1 Å². The van der Waals surface area contributed by atoms with Gasteiger partial charge in [-0.3, -0.25) is 0 Å². The Balaban J connectivity index is 2.48. The first-order valence-electron chi connectivity index (χ1n) is 8.11. The molecule has 1 aliphatic heterocycles. The van der Waals surface area contributed by atoms with Crippen molar-refractivity contribution in [3.8, 4) is 0 Å². The Labute approximate surface area is 121 Å². The predicted molar refractivity (Wildman–Crippen MR) is 85.6 cm³/mol. The molecule has 0 radical (unpaired) electrons. The molecule has 19 heavy (non-hydrogen) atoms. The largest absolute Gasteiger partial charge is 0.309 e. The van der Waals surface area contributed by atoms with Gasteiger partial charge in [-0.2, -0.15) is 0 Å². The summed E-state index contributed by atoms with van der Waals surface area (Å²) in [6, 6.07) is 1.39. The molecule has 0 saturated carbocycles. The molecule has 0 aromatic carbocycles. The van der Waals surface area contributed by atoms with Gasteiger partial charge in [0.1, 0.15) is 0 Å². The first-order valence-corrected chi connectivity index (χ1v) is 8.11. The minimum atomic E-state index is 0.246. The van der Waals surface area contributed by atoms with E-state index in [0.29, 0.717) is 17.5 Å². The fraction of sp³-hybridized carbons (Fsp3) is 1.00. The lowest BCUT2D eigenvalue weighted by atomic mass is 9.81. The van der Waals surface area contributed by atoms with Crippen molar-refractivity contribution in [3.63, 3.8) is 0 Å². The zero-order chi connectivity index (χ0) is 14.7. The van der Waals surface area contributed by atoms with E-state index < -0.39 is 0 Å². The van der Waals surface area contributed by atoms with E-state index in [2.05, 4.69) is 58.7 Å². The molecule has 1 heterocycles. The van der Waals surface area contributed by atoms with E-state index in [1.165, 1.54) is 38.8 Å². The number of likely N-dealkylation sites (tertiary alicyclic amines) is 1. The lowest BCUT2D eigenvalue weighted by Crippen LogP contribution is -2.48. The number of nitrogens with one attached hydrogen (secondary N) is 1. The van der Waals surface area contributed by atoms with Crippen LogP contribution in [0, 0.1) is 5.41 Å². The van der Waals surface area contributed by atoms with Gasteiger partial charge in [-0.15, -0.1) is 0 Å². The Morgan fingerprint density at radius 1 is 1.05 bits per heavy atom. The maximum absolute atomic E-state index is 3.92. The summed E-state index contributed by atoms with van der Waals surface area (Å²) in [6.07, 6.45) is 5.19. The standard InChI is InChI=1S/C17H36N2/c1-14(2)19-11-8-9-15(10-12-19)18-17(6,7)13-16(3,4)5/h14-15,18H,8-13H2,1-7H3. The Hall–Kier alpha value is -0.0800. The highest BCUT2D eigenvalue weighted by Gasteiger charge is 2.28. The van der Waals surface area contributed by atoms with Crippen LogP contribution >= 0.6 is 0 Å². The van der Waals surface area contributed by atoms with Crippen LogP contribution in [0.2, 0.25) is 0 Å². The minimum Gasteiger partial charge on any atom is -0.309 e. The number of rotatable bonds is 4. The van der Waals surface area contributed by atoms with Gasteiger partial charge >= 0.3 is 0 Å². The van der Waals surface area contributed by atoms with Gasteiger partial charge in [-0.25, -0.2) is 0 Å². The number of hydrogen-bond donors (Lipinski definition) is 1. The molecule has 1 fully saturated rings. The average Bonchev–Trinajstić information content (AvgIpc) is 2.38. The summed E-state index contributed by atoms with van der Waals surface area (Å²) in [5.41, 5.74) is 0.640. The first-order chi connectivity index (χ1) is 8.59. The summed E-state index contributed by atoms with van der Waals surface area (Å²) >= 11 is 0. The molecule has 1 atom stereocenters. The SMILES string of the molecule is CC(C)N1CCCC(NC(C)(C)CC(C)(C)C)CC1. The topological polar surface area (TPSA) is 15.3 Å². The molecule has 0 aliphatic carbocycles. The molecule has 1 unspecified atom stereocenters. The van der Waals surface area contributed by atoms with Crippen molar-refractivity contribution in [1.82, 2.24) is 10.2 Å². The van der Waals surface area contributed by atoms with Crippen LogP contribution in [-0.2, 0) is 0 Å². The van der Waals surface area contributed by atoms with Crippen molar-refractivity contribution in [3.05, 3.63) is 0 Å². The maximum Gasteiger partial charge on any atom is 0.0132 e. The summed E-state index contributed by atoms with van der Waals surface area (Å²) in [4.78, 5) is 2.62. The van der Waals surface area contributed by atoms with Crippen LogP contribution in [0.25, 0.3) is 0 Å². The van der Waals surface area contributed by atoms with E-state index in [9.17, 15) is 0 Å². The van der Waals surface area contributed by atoms with E-state index in [-0.39, 0.29) is 5.54 Å². The van der Waals surface area contributed by atoms with E-state index >= 15 is 0 Å².